The molecule has 162 valence electrons. The van der Waals surface area contributed by atoms with Crippen LogP contribution in [0.5, 0.6) is 0 Å². The molecular formula is C22H15ClFN3O4S. The van der Waals surface area contributed by atoms with Crippen molar-refractivity contribution in [1.29, 1.82) is 0 Å². The fourth-order valence-electron chi connectivity index (χ4n) is 2.84. The monoisotopic (exact) mass is 471 g/mol. The zero-order valence-electron chi connectivity index (χ0n) is 16.3. The van der Waals surface area contributed by atoms with E-state index >= 15 is 0 Å². The molecule has 1 saturated heterocycles. The minimum atomic E-state index is -0.757. The van der Waals surface area contributed by atoms with E-state index in [1.807, 2.05) is 12.1 Å². The maximum atomic E-state index is 13.7. The topological polar surface area (TPSA) is 91.7 Å². The number of hydrogen-bond donors (Lipinski definition) is 2. The van der Waals surface area contributed by atoms with Crippen molar-refractivity contribution in [2.24, 2.45) is 0 Å². The second-order valence-corrected chi connectivity index (χ2v) is 8.13. The lowest BCUT2D eigenvalue weighted by Crippen LogP contribution is -2.38. The van der Waals surface area contributed by atoms with E-state index in [9.17, 15) is 18.8 Å². The third-order valence-electron chi connectivity index (χ3n) is 4.33. The summed E-state index contributed by atoms with van der Waals surface area (Å²) in [6, 6.07) is 15.4. The highest BCUT2D eigenvalue weighted by Gasteiger charge is 2.35. The van der Waals surface area contributed by atoms with E-state index in [4.69, 9.17) is 16.0 Å². The predicted octanol–water partition coefficient (Wildman–Crippen LogP) is 4.75. The first-order valence-electron chi connectivity index (χ1n) is 9.31. The minimum absolute atomic E-state index is 0.0360. The quantitative estimate of drug-likeness (QED) is 0.399. The van der Waals surface area contributed by atoms with E-state index in [-0.39, 0.29) is 11.4 Å². The number of carbonyl (C=O) groups is 3. The summed E-state index contributed by atoms with van der Waals surface area (Å²) in [6.07, 6.45) is 1.38. The molecule has 1 fully saturated rings. The van der Waals surface area contributed by atoms with Crippen LogP contribution in [0.4, 0.5) is 14.9 Å². The number of rotatable bonds is 6. The average Bonchev–Trinajstić information content (AvgIpc) is 3.31. The molecule has 0 atom stereocenters. The minimum Gasteiger partial charge on any atom is -0.450 e. The molecule has 0 aliphatic carbocycles. The average molecular weight is 472 g/mol. The lowest BCUT2D eigenvalue weighted by atomic mass is 10.3. The molecular weight excluding hydrogens is 457 g/mol. The standard InChI is InChI=1S/C22H15ClFN3O4S/c23-13-5-8-15(9-6-13)32-20-10-7-14(31-20)11-18-21(29)27(22(30)26-18)12-19(28)25-17-4-2-1-3-16(17)24/h1-11H,12H2,(H,25,28)(H,26,30)/b18-11+. The molecule has 2 aromatic carbocycles. The number of anilines is 1. The van der Waals surface area contributed by atoms with Crippen molar-refractivity contribution in [3.8, 4) is 0 Å². The van der Waals surface area contributed by atoms with Crippen LogP contribution in [0.15, 0.2) is 80.8 Å². The Bertz CT molecular complexity index is 1230. The van der Waals surface area contributed by atoms with Crippen LogP contribution < -0.4 is 10.6 Å². The number of urea groups is 1. The van der Waals surface area contributed by atoms with Gasteiger partial charge in [0.2, 0.25) is 5.91 Å². The van der Waals surface area contributed by atoms with Crippen LogP contribution in [0.1, 0.15) is 5.76 Å². The van der Waals surface area contributed by atoms with Gasteiger partial charge in [0.15, 0.2) is 5.09 Å². The number of amides is 4. The molecule has 7 nitrogen and oxygen atoms in total. The van der Waals surface area contributed by atoms with Gasteiger partial charge in [-0.05, 0) is 48.5 Å². The fourth-order valence-corrected chi connectivity index (χ4v) is 3.74. The molecule has 4 amide bonds. The number of nitrogens with zero attached hydrogens (tertiary/aromatic N) is 1. The Morgan fingerprint density at radius 3 is 2.62 bits per heavy atom. The van der Waals surface area contributed by atoms with Crippen molar-refractivity contribution in [3.05, 3.63) is 83.0 Å². The van der Waals surface area contributed by atoms with Crippen LogP contribution in [0.2, 0.25) is 5.02 Å². The summed E-state index contributed by atoms with van der Waals surface area (Å²) in [4.78, 5) is 38.6. The van der Waals surface area contributed by atoms with E-state index in [2.05, 4.69) is 10.6 Å². The van der Waals surface area contributed by atoms with Gasteiger partial charge >= 0.3 is 6.03 Å². The zero-order valence-corrected chi connectivity index (χ0v) is 17.9. The third kappa shape index (κ3) is 5.01. The number of nitrogens with one attached hydrogen (secondary N) is 2. The Morgan fingerprint density at radius 2 is 1.88 bits per heavy atom. The molecule has 0 spiro atoms. The maximum Gasteiger partial charge on any atom is 0.329 e. The Labute approximate surface area is 191 Å². The van der Waals surface area contributed by atoms with Crippen molar-refractivity contribution < 1.29 is 23.2 Å². The first-order chi connectivity index (χ1) is 15.4. The van der Waals surface area contributed by atoms with Crippen LogP contribution in [0, 0.1) is 5.82 Å². The summed E-state index contributed by atoms with van der Waals surface area (Å²) in [5, 5.41) is 5.95. The SMILES string of the molecule is O=C(CN1C(=O)N/C(=C/c2ccc(Sc3ccc(Cl)cc3)o2)C1=O)Nc1ccccc1F. The molecule has 2 N–H and O–H groups in total. The van der Waals surface area contributed by atoms with E-state index in [0.717, 1.165) is 9.80 Å². The van der Waals surface area contributed by atoms with Gasteiger partial charge in [0.05, 0.1) is 5.69 Å². The van der Waals surface area contributed by atoms with Crippen molar-refractivity contribution in [2.75, 3.05) is 11.9 Å². The summed E-state index contributed by atoms with van der Waals surface area (Å²) in [7, 11) is 0. The number of para-hydroxylation sites is 1. The molecule has 3 aromatic rings. The molecule has 0 unspecified atom stereocenters. The molecule has 0 bridgehead atoms. The Morgan fingerprint density at radius 1 is 1.12 bits per heavy atom. The van der Waals surface area contributed by atoms with Crippen LogP contribution in [0.25, 0.3) is 6.08 Å². The van der Waals surface area contributed by atoms with Gasteiger partial charge in [0, 0.05) is 16.0 Å². The molecule has 2 heterocycles. The summed E-state index contributed by atoms with van der Waals surface area (Å²) in [6.45, 7) is -0.563. The number of imide groups is 1. The highest BCUT2D eigenvalue weighted by molar-refractivity contribution is 7.99. The van der Waals surface area contributed by atoms with Gasteiger partial charge in [-0.2, -0.15) is 0 Å². The van der Waals surface area contributed by atoms with Crippen LogP contribution >= 0.6 is 23.4 Å². The van der Waals surface area contributed by atoms with E-state index < -0.39 is 30.2 Å². The van der Waals surface area contributed by atoms with Gasteiger partial charge in [-0.25, -0.2) is 14.1 Å². The number of benzene rings is 2. The Balaban J connectivity index is 1.41. The molecule has 1 aromatic heterocycles. The number of furan rings is 1. The van der Waals surface area contributed by atoms with E-state index in [1.54, 1.807) is 30.3 Å². The first kappa shape index (κ1) is 21.7. The summed E-state index contributed by atoms with van der Waals surface area (Å²) < 4.78 is 19.4. The molecule has 0 radical (unpaired) electrons. The molecule has 1 aliphatic rings. The van der Waals surface area contributed by atoms with Gasteiger partial charge < -0.3 is 15.1 Å². The van der Waals surface area contributed by atoms with Gasteiger partial charge in [-0.15, -0.1) is 0 Å². The summed E-state index contributed by atoms with van der Waals surface area (Å²) in [5.41, 5.74) is -0.0762. The normalized spacial score (nSPS) is 14.7. The largest absolute Gasteiger partial charge is 0.450 e. The zero-order chi connectivity index (χ0) is 22.7. The van der Waals surface area contributed by atoms with Crippen molar-refractivity contribution in [3.63, 3.8) is 0 Å². The van der Waals surface area contributed by atoms with Crippen LogP contribution in [0.3, 0.4) is 0 Å². The third-order valence-corrected chi connectivity index (χ3v) is 5.51. The number of hydrogen-bond acceptors (Lipinski definition) is 5. The lowest BCUT2D eigenvalue weighted by Gasteiger charge is -2.12. The van der Waals surface area contributed by atoms with Crippen LogP contribution in [-0.4, -0.2) is 29.3 Å². The number of carbonyl (C=O) groups excluding carboxylic acids is 3. The van der Waals surface area contributed by atoms with Crippen molar-refractivity contribution in [2.45, 2.75) is 9.99 Å². The second-order valence-electron chi connectivity index (χ2n) is 6.62. The highest BCUT2D eigenvalue weighted by Crippen LogP contribution is 2.30. The van der Waals surface area contributed by atoms with Gasteiger partial charge in [-0.1, -0.05) is 35.5 Å². The fraction of sp³-hybridized carbons (Fsp3) is 0.0455. The van der Waals surface area contributed by atoms with Gasteiger partial charge in [0.25, 0.3) is 5.91 Å². The second kappa shape index (κ2) is 9.29. The smallest absolute Gasteiger partial charge is 0.329 e. The van der Waals surface area contributed by atoms with Gasteiger partial charge in [-0.3, -0.25) is 9.59 Å². The van der Waals surface area contributed by atoms with E-state index in [1.165, 1.54) is 36.0 Å². The molecule has 32 heavy (non-hydrogen) atoms. The molecule has 1 aliphatic heterocycles. The van der Waals surface area contributed by atoms with E-state index in [0.29, 0.717) is 15.9 Å². The first-order valence-corrected chi connectivity index (χ1v) is 10.5. The predicted molar refractivity (Wildman–Crippen MR) is 118 cm³/mol. The van der Waals surface area contributed by atoms with Crippen molar-refractivity contribution >= 4 is 53.0 Å². The molecule has 0 saturated carbocycles. The van der Waals surface area contributed by atoms with Gasteiger partial charge in [0.1, 0.15) is 23.8 Å². The highest BCUT2D eigenvalue weighted by atomic mass is 35.5. The summed E-state index contributed by atoms with van der Waals surface area (Å²) >= 11 is 7.24. The lowest BCUT2D eigenvalue weighted by molar-refractivity contribution is -0.127. The Hall–Kier alpha value is -3.56. The molecule has 10 heteroatoms. The maximum absolute atomic E-state index is 13.7. The summed E-state index contributed by atoms with van der Waals surface area (Å²) in [5.74, 6) is -1.67. The Kier molecular flexibility index (Phi) is 6.29. The van der Waals surface area contributed by atoms with Crippen molar-refractivity contribution in [1.82, 2.24) is 10.2 Å². The number of halogens is 2. The molecule has 4 rings (SSSR count). The van der Waals surface area contributed by atoms with Crippen LogP contribution in [-0.2, 0) is 9.59 Å².